The molecule has 4 heteroatoms. The van der Waals surface area contributed by atoms with Crippen LogP contribution in [-0.2, 0) is 0 Å². The van der Waals surface area contributed by atoms with E-state index >= 15 is 0 Å². The van der Waals surface area contributed by atoms with E-state index in [0.29, 0.717) is 0 Å². The SMILES string of the molecule is Fc1ccc(-c2nccc(Br)c2Br)cc1. The molecule has 0 saturated carbocycles. The Balaban J connectivity index is 2.54. The van der Waals surface area contributed by atoms with Gasteiger partial charge in [-0.3, -0.25) is 4.98 Å². The van der Waals surface area contributed by atoms with Crippen LogP contribution in [0, 0.1) is 5.82 Å². The molecule has 0 aliphatic rings. The molecule has 0 saturated heterocycles. The summed E-state index contributed by atoms with van der Waals surface area (Å²) in [4.78, 5) is 4.24. The number of nitrogens with zero attached hydrogens (tertiary/aromatic N) is 1. The second kappa shape index (κ2) is 4.41. The number of hydrogen-bond donors (Lipinski definition) is 0. The summed E-state index contributed by atoms with van der Waals surface area (Å²) in [5, 5.41) is 0. The fraction of sp³-hybridized carbons (Fsp3) is 0. The van der Waals surface area contributed by atoms with Crippen molar-refractivity contribution in [2.45, 2.75) is 0 Å². The Morgan fingerprint density at radius 3 is 2.33 bits per heavy atom. The van der Waals surface area contributed by atoms with Crippen molar-refractivity contribution in [2.75, 3.05) is 0 Å². The third-order valence-electron chi connectivity index (χ3n) is 1.96. The number of benzene rings is 1. The van der Waals surface area contributed by atoms with E-state index in [1.54, 1.807) is 18.3 Å². The lowest BCUT2D eigenvalue weighted by Gasteiger charge is -2.04. The van der Waals surface area contributed by atoms with Gasteiger partial charge < -0.3 is 0 Å². The van der Waals surface area contributed by atoms with Crippen molar-refractivity contribution < 1.29 is 4.39 Å². The summed E-state index contributed by atoms with van der Waals surface area (Å²) in [6.45, 7) is 0. The highest BCUT2D eigenvalue weighted by atomic mass is 79.9. The minimum absolute atomic E-state index is 0.245. The molecule has 1 aromatic heterocycles. The van der Waals surface area contributed by atoms with Gasteiger partial charge in [-0.05, 0) is 62.2 Å². The van der Waals surface area contributed by atoms with Crippen LogP contribution in [0.1, 0.15) is 0 Å². The largest absolute Gasteiger partial charge is 0.255 e. The second-order valence-electron chi connectivity index (χ2n) is 2.96. The first-order chi connectivity index (χ1) is 7.18. The van der Waals surface area contributed by atoms with E-state index in [-0.39, 0.29) is 5.82 Å². The Morgan fingerprint density at radius 1 is 1.00 bits per heavy atom. The summed E-state index contributed by atoms with van der Waals surface area (Å²) >= 11 is 6.83. The van der Waals surface area contributed by atoms with E-state index in [0.717, 1.165) is 20.2 Å². The lowest BCUT2D eigenvalue weighted by molar-refractivity contribution is 0.628. The van der Waals surface area contributed by atoms with E-state index in [1.807, 2.05) is 6.07 Å². The number of aromatic nitrogens is 1. The average molecular weight is 331 g/mol. The predicted molar refractivity (Wildman–Crippen MR) is 65.0 cm³/mol. The highest BCUT2D eigenvalue weighted by Crippen LogP contribution is 2.31. The maximum atomic E-state index is 12.7. The van der Waals surface area contributed by atoms with Crippen LogP contribution in [0.3, 0.4) is 0 Å². The molecule has 0 radical (unpaired) electrons. The van der Waals surface area contributed by atoms with E-state index in [9.17, 15) is 4.39 Å². The summed E-state index contributed by atoms with van der Waals surface area (Å²) in [5.74, 6) is -0.245. The van der Waals surface area contributed by atoms with Crippen molar-refractivity contribution in [3.05, 3.63) is 51.3 Å². The van der Waals surface area contributed by atoms with E-state index in [1.165, 1.54) is 12.1 Å². The number of pyridine rings is 1. The molecule has 0 N–H and O–H groups in total. The smallest absolute Gasteiger partial charge is 0.123 e. The predicted octanol–water partition coefficient (Wildman–Crippen LogP) is 4.41. The molecular formula is C11H6Br2FN. The van der Waals surface area contributed by atoms with Crippen LogP contribution in [0.2, 0.25) is 0 Å². The van der Waals surface area contributed by atoms with E-state index in [4.69, 9.17) is 0 Å². The van der Waals surface area contributed by atoms with E-state index in [2.05, 4.69) is 36.8 Å². The fourth-order valence-electron chi connectivity index (χ4n) is 1.23. The van der Waals surface area contributed by atoms with Gasteiger partial charge in [0.05, 0.1) is 10.2 Å². The van der Waals surface area contributed by atoms with Crippen molar-refractivity contribution >= 4 is 31.9 Å². The molecule has 15 heavy (non-hydrogen) atoms. The van der Waals surface area contributed by atoms with Crippen molar-refractivity contribution in [2.24, 2.45) is 0 Å². The third kappa shape index (κ3) is 2.26. The quantitative estimate of drug-likeness (QED) is 0.754. The van der Waals surface area contributed by atoms with Crippen molar-refractivity contribution in [1.29, 1.82) is 0 Å². The number of hydrogen-bond acceptors (Lipinski definition) is 1. The van der Waals surface area contributed by atoms with E-state index < -0.39 is 0 Å². The van der Waals surface area contributed by atoms with Crippen LogP contribution in [0.25, 0.3) is 11.3 Å². The molecule has 2 aromatic rings. The molecule has 1 aromatic carbocycles. The first-order valence-electron chi connectivity index (χ1n) is 4.24. The molecule has 0 atom stereocenters. The maximum Gasteiger partial charge on any atom is 0.123 e. The Bertz CT molecular complexity index is 482. The monoisotopic (exact) mass is 329 g/mol. The topological polar surface area (TPSA) is 12.9 Å². The van der Waals surface area contributed by atoms with Crippen LogP contribution in [0.4, 0.5) is 4.39 Å². The molecule has 1 nitrogen and oxygen atoms in total. The zero-order chi connectivity index (χ0) is 10.8. The third-order valence-corrected chi connectivity index (χ3v) is 3.96. The summed E-state index contributed by atoms with van der Waals surface area (Å²) in [6, 6.07) is 8.09. The summed E-state index contributed by atoms with van der Waals surface area (Å²) in [5.41, 5.74) is 1.67. The molecule has 0 aliphatic heterocycles. The Kier molecular flexibility index (Phi) is 3.17. The van der Waals surface area contributed by atoms with Gasteiger partial charge in [-0.25, -0.2) is 4.39 Å². The Morgan fingerprint density at radius 2 is 1.67 bits per heavy atom. The number of halogens is 3. The fourth-order valence-corrected chi connectivity index (χ4v) is 2.00. The van der Waals surface area contributed by atoms with Crippen LogP contribution >= 0.6 is 31.9 Å². The molecule has 0 unspecified atom stereocenters. The molecule has 0 aliphatic carbocycles. The van der Waals surface area contributed by atoms with Gasteiger partial charge >= 0.3 is 0 Å². The van der Waals surface area contributed by atoms with Gasteiger partial charge in [-0.1, -0.05) is 0 Å². The van der Waals surface area contributed by atoms with Gasteiger partial charge in [-0.15, -0.1) is 0 Å². The van der Waals surface area contributed by atoms with Gasteiger partial charge in [0.2, 0.25) is 0 Å². The van der Waals surface area contributed by atoms with Crippen molar-refractivity contribution in [3.63, 3.8) is 0 Å². The van der Waals surface area contributed by atoms with Gasteiger partial charge in [-0.2, -0.15) is 0 Å². The minimum Gasteiger partial charge on any atom is -0.255 e. The van der Waals surface area contributed by atoms with Crippen molar-refractivity contribution in [1.82, 2.24) is 4.98 Å². The lowest BCUT2D eigenvalue weighted by Crippen LogP contribution is -1.86. The van der Waals surface area contributed by atoms with Gasteiger partial charge in [0, 0.05) is 16.2 Å². The molecule has 1 heterocycles. The van der Waals surface area contributed by atoms with Crippen molar-refractivity contribution in [3.8, 4) is 11.3 Å². The zero-order valence-electron chi connectivity index (χ0n) is 7.55. The molecular weight excluding hydrogens is 325 g/mol. The van der Waals surface area contributed by atoms with Gasteiger partial charge in [0.15, 0.2) is 0 Å². The molecule has 76 valence electrons. The minimum atomic E-state index is -0.245. The Labute approximate surface area is 104 Å². The summed E-state index contributed by atoms with van der Waals surface area (Å²) < 4.78 is 14.5. The molecule has 0 fully saturated rings. The molecule has 0 amide bonds. The average Bonchev–Trinajstić information content (AvgIpc) is 2.24. The lowest BCUT2D eigenvalue weighted by atomic mass is 10.1. The zero-order valence-corrected chi connectivity index (χ0v) is 10.7. The van der Waals surface area contributed by atoms with Crippen LogP contribution in [0.15, 0.2) is 45.5 Å². The standard InChI is InChI=1S/C11H6Br2FN/c12-9-5-6-15-11(10(9)13)7-1-3-8(14)4-2-7/h1-6H. The highest BCUT2D eigenvalue weighted by Gasteiger charge is 2.07. The first kappa shape index (κ1) is 10.8. The molecule has 0 bridgehead atoms. The second-order valence-corrected chi connectivity index (χ2v) is 4.61. The first-order valence-corrected chi connectivity index (χ1v) is 5.83. The highest BCUT2D eigenvalue weighted by molar-refractivity contribution is 9.13. The van der Waals surface area contributed by atoms with Crippen LogP contribution in [-0.4, -0.2) is 4.98 Å². The summed E-state index contributed by atoms with van der Waals surface area (Å²) in [6.07, 6.45) is 1.70. The molecule has 2 rings (SSSR count). The number of rotatable bonds is 1. The Hall–Kier alpha value is -0.740. The molecule has 0 spiro atoms. The van der Waals surface area contributed by atoms with Gasteiger partial charge in [0.25, 0.3) is 0 Å². The van der Waals surface area contributed by atoms with Crippen LogP contribution < -0.4 is 0 Å². The maximum absolute atomic E-state index is 12.7. The summed E-state index contributed by atoms with van der Waals surface area (Å²) in [7, 11) is 0. The normalized spacial score (nSPS) is 10.3. The van der Waals surface area contributed by atoms with Gasteiger partial charge in [0.1, 0.15) is 5.82 Å². The van der Waals surface area contributed by atoms with Crippen LogP contribution in [0.5, 0.6) is 0 Å².